The van der Waals surface area contributed by atoms with Gasteiger partial charge in [0, 0.05) is 24.0 Å². The van der Waals surface area contributed by atoms with Crippen LogP contribution in [0.2, 0.25) is 0 Å². The molecule has 6 heteroatoms. The zero-order valence-corrected chi connectivity index (χ0v) is 13.5. The third-order valence-corrected chi connectivity index (χ3v) is 5.79. The molecule has 1 aromatic heterocycles. The summed E-state index contributed by atoms with van der Waals surface area (Å²) in [6.45, 7) is 5.42. The Morgan fingerprint density at radius 1 is 1.48 bits per heavy atom. The number of rotatable bonds is 3. The van der Waals surface area contributed by atoms with Crippen molar-refractivity contribution in [2.75, 3.05) is 31.6 Å². The molecule has 0 aromatic carbocycles. The van der Waals surface area contributed by atoms with Gasteiger partial charge in [0.1, 0.15) is 5.92 Å². The molecular weight excluding hydrogens is 286 g/mol. The number of aromatic nitrogens is 1. The molecule has 2 atom stereocenters. The number of nitrogens with zero attached hydrogens (tertiary/aromatic N) is 3. The lowest BCUT2D eigenvalue weighted by Gasteiger charge is -2.30. The largest absolute Gasteiger partial charge is 0.481 e. The molecule has 2 unspecified atom stereocenters. The molecule has 0 saturated carbocycles. The van der Waals surface area contributed by atoms with Crippen molar-refractivity contribution < 1.29 is 9.90 Å². The van der Waals surface area contributed by atoms with Crippen molar-refractivity contribution >= 4 is 22.4 Å². The van der Waals surface area contributed by atoms with E-state index >= 15 is 0 Å². The van der Waals surface area contributed by atoms with E-state index in [0.29, 0.717) is 12.5 Å². The van der Waals surface area contributed by atoms with Crippen molar-refractivity contribution in [3.8, 4) is 0 Å². The van der Waals surface area contributed by atoms with Crippen LogP contribution in [-0.4, -0.2) is 53.7 Å². The zero-order valence-electron chi connectivity index (χ0n) is 12.7. The molecule has 1 aromatic rings. The predicted molar refractivity (Wildman–Crippen MR) is 84.4 cm³/mol. The van der Waals surface area contributed by atoms with Crippen LogP contribution in [0.4, 0.5) is 5.13 Å². The van der Waals surface area contributed by atoms with Crippen LogP contribution in [0.3, 0.4) is 0 Å². The fourth-order valence-corrected chi connectivity index (χ4v) is 4.66. The van der Waals surface area contributed by atoms with E-state index in [2.05, 4.69) is 23.8 Å². The number of fused-ring (bicyclic) bond motifs is 1. The first-order chi connectivity index (χ1) is 10.1. The number of aryl methyl sites for hydroxylation is 1. The normalized spacial score (nSPS) is 26.7. The molecular formula is C15H23N3O2S. The lowest BCUT2D eigenvalue weighted by Crippen LogP contribution is -2.39. The summed E-state index contributed by atoms with van der Waals surface area (Å²) in [7, 11) is 2.18. The van der Waals surface area contributed by atoms with Gasteiger partial charge in [-0.25, -0.2) is 4.98 Å². The van der Waals surface area contributed by atoms with Crippen molar-refractivity contribution in [3.63, 3.8) is 0 Å². The van der Waals surface area contributed by atoms with E-state index in [0.717, 1.165) is 49.7 Å². The molecule has 1 aliphatic heterocycles. The summed E-state index contributed by atoms with van der Waals surface area (Å²) in [5, 5.41) is 10.3. The summed E-state index contributed by atoms with van der Waals surface area (Å²) >= 11 is 1.71. The second kappa shape index (κ2) is 5.93. The molecule has 0 amide bonds. The molecule has 0 radical (unpaired) electrons. The zero-order chi connectivity index (χ0) is 15.0. The van der Waals surface area contributed by atoms with E-state index in [1.807, 2.05) is 0 Å². The van der Waals surface area contributed by atoms with Crippen LogP contribution in [0.1, 0.15) is 42.7 Å². The van der Waals surface area contributed by atoms with Crippen LogP contribution in [0.15, 0.2) is 0 Å². The van der Waals surface area contributed by atoms with Crippen molar-refractivity contribution in [2.24, 2.45) is 0 Å². The highest BCUT2D eigenvalue weighted by molar-refractivity contribution is 7.15. The average Bonchev–Trinajstić information content (AvgIpc) is 2.95. The highest BCUT2D eigenvalue weighted by Gasteiger charge is 2.34. The minimum absolute atomic E-state index is 0.389. The molecule has 3 rings (SSSR count). The minimum atomic E-state index is -0.728. The Bertz CT molecular complexity index is 531. The molecule has 116 valence electrons. The molecule has 1 saturated heterocycles. The van der Waals surface area contributed by atoms with Gasteiger partial charge < -0.3 is 14.9 Å². The van der Waals surface area contributed by atoms with Crippen LogP contribution < -0.4 is 4.90 Å². The Kier molecular flexibility index (Phi) is 4.17. The first kappa shape index (κ1) is 14.8. The Balaban J connectivity index is 1.86. The van der Waals surface area contributed by atoms with Crippen LogP contribution in [-0.2, 0) is 11.2 Å². The van der Waals surface area contributed by atoms with E-state index in [1.54, 1.807) is 11.3 Å². The van der Waals surface area contributed by atoms with Crippen LogP contribution in [0, 0.1) is 0 Å². The molecule has 1 N–H and O–H groups in total. The van der Waals surface area contributed by atoms with Gasteiger partial charge in [-0.2, -0.15) is 0 Å². The Morgan fingerprint density at radius 2 is 2.29 bits per heavy atom. The first-order valence-electron chi connectivity index (χ1n) is 7.77. The Hall–Kier alpha value is -1.14. The third kappa shape index (κ3) is 2.79. The van der Waals surface area contributed by atoms with Crippen LogP contribution >= 0.6 is 11.3 Å². The highest BCUT2D eigenvalue weighted by Crippen LogP contribution is 2.40. The van der Waals surface area contributed by atoms with E-state index < -0.39 is 5.97 Å². The Morgan fingerprint density at radius 3 is 3.00 bits per heavy atom. The van der Waals surface area contributed by atoms with Crippen LogP contribution in [0.25, 0.3) is 0 Å². The lowest BCUT2D eigenvalue weighted by atomic mass is 10.1. The van der Waals surface area contributed by atoms with Crippen molar-refractivity contribution in [1.82, 2.24) is 9.88 Å². The number of carboxylic acid groups (broad SMARTS) is 1. The maximum absolute atomic E-state index is 11.3. The van der Waals surface area contributed by atoms with E-state index in [-0.39, 0.29) is 5.92 Å². The minimum Gasteiger partial charge on any atom is -0.481 e. The summed E-state index contributed by atoms with van der Waals surface area (Å²) in [6, 6.07) is 0.479. The number of hydrogen-bond acceptors (Lipinski definition) is 5. The number of aliphatic carboxylic acids is 1. The molecule has 2 aliphatic rings. The van der Waals surface area contributed by atoms with Gasteiger partial charge in [0.05, 0.1) is 5.69 Å². The molecule has 21 heavy (non-hydrogen) atoms. The third-order valence-electron chi connectivity index (χ3n) is 4.62. The van der Waals surface area contributed by atoms with E-state index in [9.17, 15) is 9.90 Å². The summed E-state index contributed by atoms with van der Waals surface area (Å²) in [5.74, 6) is -1.12. The van der Waals surface area contributed by atoms with Gasteiger partial charge >= 0.3 is 5.97 Å². The van der Waals surface area contributed by atoms with Gasteiger partial charge in [-0.15, -0.1) is 11.3 Å². The number of carbonyl (C=O) groups is 1. The summed E-state index contributed by atoms with van der Waals surface area (Å²) in [5.41, 5.74) is 0.829. The summed E-state index contributed by atoms with van der Waals surface area (Å²) < 4.78 is 0. The number of carboxylic acids is 1. The maximum Gasteiger partial charge on any atom is 0.312 e. The average molecular weight is 309 g/mol. The molecule has 1 aliphatic carbocycles. The van der Waals surface area contributed by atoms with Crippen molar-refractivity contribution in [2.45, 2.75) is 44.6 Å². The molecule has 0 spiro atoms. The monoisotopic (exact) mass is 309 g/mol. The second-order valence-electron chi connectivity index (χ2n) is 6.11. The predicted octanol–water partition coefficient (Wildman–Crippen LogP) is 2.18. The van der Waals surface area contributed by atoms with Gasteiger partial charge in [0.15, 0.2) is 5.13 Å². The topological polar surface area (TPSA) is 56.7 Å². The molecule has 2 heterocycles. The lowest BCUT2D eigenvalue weighted by molar-refractivity contribution is -0.138. The second-order valence-corrected chi connectivity index (χ2v) is 7.17. The quantitative estimate of drug-likeness (QED) is 0.927. The van der Waals surface area contributed by atoms with Gasteiger partial charge in [-0.05, 0) is 39.3 Å². The Labute approximate surface area is 129 Å². The first-order valence-corrected chi connectivity index (χ1v) is 8.59. The van der Waals surface area contributed by atoms with Gasteiger partial charge in [0.2, 0.25) is 0 Å². The summed E-state index contributed by atoms with van der Waals surface area (Å²) in [6.07, 6.45) is 3.81. The molecule has 5 nitrogen and oxygen atoms in total. The molecule has 1 fully saturated rings. The van der Waals surface area contributed by atoms with Gasteiger partial charge in [-0.1, -0.05) is 6.92 Å². The number of anilines is 1. The van der Waals surface area contributed by atoms with E-state index in [4.69, 9.17) is 4.98 Å². The SMILES string of the molecule is CCC1CN(C)CCCN1c1nc2c(s1)CCC2C(=O)O. The van der Waals surface area contributed by atoms with Crippen LogP contribution in [0.5, 0.6) is 0 Å². The van der Waals surface area contributed by atoms with Gasteiger partial charge in [0.25, 0.3) is 0 Å². The van der Waals surface area contributed by atoms with E-state index in [1.165, 1.54) is 4.88 Å². The maximum atomic E-state index is 11.3. The number of hydrogen-bond donors (Lipinski definition) is 1. The number of thiazole rings is 1. The fourth-order valence-electron chi connectivity index (χ4n) is 3.42. The highest BCUT2D eigenvalue weighted by atomic mass is 32.1. The van der Waals surface area contributed by atoms with Crippen molar-refractivity contribution in [1.29, 1.82) is 0 Å². The standard InChI is InChI=1S/C15H23N3O2S/c1-3-10-9-17(2)7-4-8-18(10)15-16-13-11(14(19)20)5-6-12(13)21-15/h10-11H,3-9H2,1-2H3,(H,19,20). The van der Waals surface area contributed by atoms with Crippen molar-refractivity contribution in [3.05, 3.63) is 10.6 Å². The summed E-state index contributed by atoms with van der Waals surface area (Å²) in [4.78, 5) is 22.0. The smallest absolute Gasteiger partial charge is 0.312 e. The number of likely N-dealkylation sites (N-methyl/N-ethyl adjacent to an activating group) is 1. The molecule has 0 bridgehead atoms. The fraction of sp³-hybridized carbons (Fsp3) is 0.733. The van der Waals surface area contributed by atoms with Gasteiger partial charge in [-0.3, -0.25) is 4.79 Å².